The Bertz CT molecular complexity index is 204. The fourth-order valence-corrected chi connectivity index (χ4v) is 2.28. The zero-order valence-electron chi connectivity index (χ0n) is 12.8. The van der Waals surface area contributed by atoms with Gasteiger partial charge in [0.05, 0.1) is 6.61 Å². The van der Waals surface area contributed by atoms with Crippen molar-refractivity contribution in [3.63, 3.8) is 0 Å². The molecule has 0 bridgehead atoms. The predicted octanol–water partition coefficient (Wildman–Crippen LogP) is 4.22. The maximum Gasteiger partial charge on any atom is 0.302 e. The van der Waals surface area contributed by atoms with Crippen LogP contribution in [0.1, 0.15) is 84.5 Å². The van der Waals surface area contributed by atoms with Crippen LogP contribution in [0, 0.1) is 0 Å². The van der Waals surface area contributed by atoms with Crippen molar-refractivity contribution in [1.29, 1.82) is 0 Å². The van der Waals surface area contributed by atoms with Gasteiger partial charge in [-0.25, -0.2) is 0 Å². The summed E-state index contributed by atoms with van der Waals surface area (Å²) in [5.41, 5.74) is 0. The molecule has 1 atom stereocenters. The van der Waals surface area contributed by atoms with E-state index in [1.807, 2.05) is 0 Å². The molecular formula is C16H32O3. The summed E-state index contributed by atoms with van der Waals surface area (Å²) in [6.07, 6.45) is 13.4. The van der Waals surface area contributed by atoms with E-state index in [1.54, 1.807) is 0 Å². The maximum atomic E-state index is 10.8. The summed E-state index contributed by atoms with van der Waals surface area (Å²) in [6, 6.07) is 0. The van der Waals surface area contributed by atoms with Crippen LogP contribution in [-0.2, 0) is 9.53 Å². The Labute approximate surface area is 118 Å². The minimum absolute atomic E-state index is 0.0585. The number of esters is 1. The number of unbranched alkanes of at least 4 members (excludes halogenated alkanes) is 9. The average Bonchev–Trinajstić information content (AvgIpc) is 2.39. The molecule has 0 aromatic carbocycles. The van der Waals surface area contributed by atoms with Crippen molar-refractivity contribution < 1.29 is 14.6 Å². The summed E-state index contributed by atoms with van der Waals surface area (Å²) < 4.78 is 4.99. The fourth-order valence-electron chi connectivity index (χ4n) is 2.28. The second-order valence-corrected chi connectivity index (χ2v) is 5.38. The summed E-state index contributed by atoms with van der Waals surface area (Å²) in [5, 5.41) is 9.04. The highest BCUT2D eigenvalue weighted by atomic mass is 16.5. The number of aliphatic hydroxyl groups excluding tert-OH is 1. The zero-order valence-corrected chi connectivity index (χ0v) is 12.8. The number of carbonyl (C=O) groups excluding carboxylic acids is 1. The highest BCUT2D eigenvalue weighted by Gasteiger charge is 2.09. The third kappa shape index (κ3) is 13.7. The molecule has 0 saturated carbocycles. The van der Waals surface area contributed by atoms with Crippen molar-refractivity contribution in [2.45, 2.75) is 90.6 Å². The minimum atomic E-state index is -0.300. The fraction of sp³-hybridized carbons (Fsp3) is 0.938. The number of ether oxygens (including phenoxy) is 1. The molecule has 3 heteroatoms. The van der Waals surface area contributed by atoms with Gasteiger partial charge in [-0.1, -0.05) is 64.7 Å². The molecule has 0 saturated heterocycles. The van der Waals surface area contributed by atoms with Gasteiger partial charge in [-0.3, -0.25) is 4.79 Å². The molecule has 3 nitrogen and oxygen atoms in total. The normalized spacial score (nSPS) is 12.4. The first-order valence-corrected chi connectivity index (χ1v) is 7.98. The molecule has 1 N–H and O–H groups in total. The topological polar surface area (TPSA) is 46.5 Å². The van der Waals surface area contributed by atoms with Crippen molar-refractivity contribution in [3.05, 3.63) is 0 Å². The largest absolute Gasteiger partial charge is 0.460 e. The van der Waals surface area contributed by atoms with Crippen LogP contribution in [-0.4, -0.2) is 23.8 Å². The number of hydrogen-bond donors (Lipinski definition) is 1. The molecule has 0 heterocycles. The van der Waals surface area contributed by atoms with Crippen LogP contribution in [0.5, 0.6) is 0 Å². The Morgan fingerprint density at radius 3 is 1.84 bits per heavy atom. The van der Waals surface area contributed by atoms with Crippen molar-refractivity contribution in [1.82, 2.24) is 0 Å². The Morgan fingerprint density at radius 1 is 0.947 bits per heavy atom. The number of aliphatic hydroxyl groups is 1. The van der Waals surface area contributed by atoms with Crippen LogP contribution in [0.15, 0.2) is 0 Å². The maximum absolute atomic E-state index is 10.8. The summed E-state index contributed by atoms with van der Waals surface area (Å²) in [6.45, 7) is 3.58. The molecule has 0 aromatic rings. The Kier molecular flexibility index (Phi) is 13.4. The average molecular weight is 272 g/mol. The summed E-state index contributed by atoms with van der Waals surface area (Å²) in [7, 11) is 0. The van der Waals surface area contributed by atoms with E-state index in [9.17, 15) is 4.79 Å². The van der Waals surface area contributed by atoms with E-state index >= 15 is 0 Å². The first kappa shape index (κ1) is 18.4. The summed E-state index contributed by atoms with van der Waals surface area (Å²) in [4.78, 5) is 10.8. The molecular weight excluding hydrogens is 240 g/mol. The van der Waals surface area contributed by atoms with Gasteiger partial charge in [0.1, 0.15) is 6.10 Å². The van der Waals surface area contributed by atoms with E-state index in [4.69, 9.17) is 9.84 Å². The number of carbonyl (C=O) groups is 1. The lowest BCUT2D eigenvalue weighted by atomic mass is 10.0. The molecule has 114 valence electrons. The molecule has 1 unspecified atom stereocenters. The van der Waals surface area contributed by atoms with Gasteiger partial charge >= 0.3 is 5.97 Å². The second-order valence-electron chi connectivity index (χ2n) is 5.38. The van der Waals surface area contributed by atoms with Gasteiger partial charge in [0, 0.05) is 6.92 Å². The Hall–Kier alpha value is -0.570. The van der Waals surface area contributed by atoms with Gasteiger partial charge in [-0.2, -0.15) is 0 Å². The van der Waals surface area contributed by atoms with E-state index < -0.39 is 0 Å². The van der Waals surface area contributed by atoms with Crippen LogP contribution in [0.4, 0.5) is 0 Å². The van der Waals surface area contributed by atoms with Gasteiger partial charge in [0.15, 0.2) is 0 Å². The molecule has 0 aliphatic heterocycles. The van der Waals surface area contributed by atoms with E-state index in [-0.39, 0.29) is 18.7 Å². The SMILES string of the molecule is CCCCCCCCCCCCC(CO)OC(C)=O. The van der Waals surface area contributed by atoms with E-state index in [0.29, 0.717) is 0 Å². The third-order valence-electron chi connectivity index (χ3n) is 3.42. The van der Waals surface area contributed by atoms with Crippen LogP contribution >= 0.6 is 0 Å². The standard InChI is InChI=1S/C16H32O3/c1-3-4-5-6-7-8-9-10-11-12-13-16(14-17)19-15(2)18/h16-17H,3-14H2,1-2H3. The quantitative estimate of drug-likeness (QED) is 0.403. The number of rotatable bonds is 13. The van der Waals surface area contributed by atoms with Crippen LogP contribution < -0.4 is 0 Å². The molecule has 0 aliphatic rings. The lowest BCUT2D eigenvalue weighted by Crippen LogP contribution is -2.20. The zero-order chi connectivity index (χ0) is 14.3. The van der Waals surface area contributed by atoms with Crippen molar-refractivity contribution in [2.75, 3.05) is 6.61 Å². The Balaban J connectivity index is 3.23. The first-order chi connectivity index (χ1) is 9.20. The smallest absolute Gasteiger partial charge is 0.302 e. The van der Waals surface area contributed by atoms with Gasteiger partial charge in [-0.05, 0) is 12.8 Å². The highest BCUT2D eigenvalue weighted by Crippen LogP contribution is 2.12. The highest BCUT2D eigenvalue weighted by molar-refractivity contribution is 5.66. The van der Waals surface area contributed by atoms with E-state index in [2.05, 4.69) is 6.92 Å². The van der Waals surface area contributed by atoms with Crippen molar-refractivity contribution in [2.24, 2.45) is 0 Å². The van der Waals surface area contributed by atoms with E-state index in [1.165, 1.54) is 64.7 Å². The molecule has 0 aromatic heterocycles. The van der Waals surface area contributed by atoms with Gasteiger partial charge in [0.2, 0.25) is 0 Å². The van der Waals surface area contributed by atoms with Crippen molar-refractivity contribution >= 4 is 5.97 Å². The molecule has 0 rings (SSSR count). The lowest BCUT2D eigenvalue weighted by Gasteiger charge is -2.13. The van der Waals surface area contributed by atoms with Gasteiger partial charge < -0.3 is 9.84 Å². The minimum Gasteiger partial charge on any atom is -0.460 e. The Morgan fingerprint density at radius 2 is 1.42 bits per heavy atom. The van der Waals surface area contributed by atoms with Crippen LogP contribution in [0.2, 0.25) is 0 Å². The number of hydrogen-bond acceptors (Lipinski definition) is 3. The summed E-state index contributed by atoms with van der Waals surface area (Å²) >= 11 is 0. The van der Waals surface area contributed by atoms with Gasteiger partial charge in [0.25, 0.3) is 0 Å². The molecule has 19 heavy (non-hydrogen) atoms. The summed E-state index contributed by atoms with van der Waals surface area (Å²) in [5.74, 6) is -0.300. The molecule has 0 aliphatic carbocycles. The molecule has 0 fully saturated rings. The van der Waals surface area contributed by atoms with Crippen LogP contribution in [0.3, 0.4) is 0 Å². The van der Waals surface area contributed by atoms with E-state index in [0.717, 1.165) is 12.8 Å². The third-order valence-corrected chi connectivity index (χ3v) is 3.42. The molecule has 0 radical (unpaired) electrons. The second kappa shape index (κ2) is 13.9. The van der Waals surface area contributed by atoms with Gasteiger partial charge in [-0.15, -0.1) is 0 Å². The lowest BCUT2D eigenvalue weighted by molar-refractivity contribution is -0.148. The molecule has 0 spiro atoms. The van der Waals surface area contributed by atoms with Crippen LogP contribution in [0.25, 0.3) is 0 Å². The van der Waals surface area contributed by atoms with Crippen molar-refractivity contribution in [3.8, 4) is 0 Å². The first-order valence-electron chi connectivity index (χ1n) is 7.98. The molecule has 0 amide bonds. The monoisotopic (exact) mass is 272 g/mol. The predicted molar refractivity (Wildman–Crippen MR) is 79.1 cm³/mol.